The molecule has 2 aromatic heterocycles. The van der Waals surface area contributed by atoms with Crippen molar-refractivity contribution in [3.63, 3.8) is 0 Å². The molecule has 0 amide bonds. The molecule has 0 saturated heterocycles. The third-order valence-electron chi connectivity index (χ3n) is 3.35. The average molecular weight is 334 g/mol. The third-order valence-corrected chi connectivity index (χ3v) is 3.78. The zero-order chi connectivity index (χ0) is 14.4. The van der Waals surface area contributed by atoms with Crippen molar-refractivity contribution in [2.45, 2.75) is 32.7 Å². The maximum absolute atomic E-state index is 4.25. The second-order valence-electron chi connectivity index (χ2n) is 4.75. The molecule has 0 saturated carbocycles. The van der Waals surface area contributed by atoms with Gasteiger partial charge in [0.25, 0.3) is 0 Å². The molecule has 0 aliphatic heterocycles. The van der Waals surface area contributed by atoms with Crippen molar-refractivity contribution in [1.29, 1.82) is 0 Å². The first-order valence-corrected chi connectivity index (χ1v) is 7.79. The molecule has 20 heavy (non-hydrogen) atoms. The predicted molar refractivity (Wildman–Crippen MR) is 85.7 cm³/mol. The van der Waals surface area contributed by atoms with Gasteiger partial charge in [-0.3, -0.25) is 9.97 Å². The lowest BCUT2D eigenvalue weighted by Crippen LogP contribution is -2.24. The van der Waals surface area contributed by atoms with Crippen LogP contribution in [0.1, 0.15) is 36.6 Å². The van der Waals surface area contributed by atoms with Gasteiger partial charge >= 0.3 is 0 Å². The minimum absolute atomic E-state index is 0.300. The number of nitrogens with one attached hydrogen (secondary N) is 1. The number of hydrogen-bond acceptors (Lipinski definition) is 3. The molecule has 0 radical (unpaired) electrons. The largest absolute Gasteiger partial charge is 0.310 e. The van der Waals surface area contributed by atoms with Crippen molar-refractivity contribution in [2.24, 2.45) is 0 Å². The number of likely N-dealkylation sites (N-methyl/N-ethyl adjacent to an activating group) is 1. The molecule has 1 unspecified atom stereocenters. The van der Waals surface area contributed by atoms with Gasteiger partial charge in [0.1, 0.15) is 0 Å². The van der Waals surface area contributed by atoms with Crippen LogP contribution in [0.2, 0.25) is 0 Å². The Bertz CT molecular complexity index is 557. The molecule has 106 valence electrons. The first-order chi connectivity index (χ1) is 9.74. The van der Waals surface area contributed by atoms with Gasteiger partial charge in [-0.1, -0.05) is 13.8 Å². The van der Waals surface area contributed by atoms with E-state index in [9.17, 15) is 0 Å². The van der Waals surface area contributed by atoms with Crippen molar-refractivity contribution < 1.29 is 0 Å². The molecule has 1 atom stereocenters. The zero-order valence-electron chi connectivity index (χ0n) is 11.9. The van der Waals surface area contributed by atoms with E-state index in [0.29, 0.717) is 6.04 Å². The lowest BCUT2D eigenvalue weighted by molar-refractivity contribution is 0.544. The summed E-state index contributed by atoms with van der Waals surface area (Å²) in [7, 11) is 0. The van der Waals surface area contributed by atoms with E-state index in [-0.39, 0.29) is 0 Å². The first-order valence-electron chi connectivity index (χ1n) is 7.00. The summed E-state index contributed by atoms with van der Waals surface area (Å²) < 4.78 is 1.02. The maximum atomic E-state index is 4.25. The van der Waals surface area contributed by atoms with Crippen LogP contribution in [0.15, 0.2) is 41.4 Å². The summed E-state index contributed by atoms with van der Waals surface area (Å²) in [5, 5.41) is 3.57. The van der Waals surface area contributed by atoms with Crippen molar-refractivity contribution >= 4 is 15.9 Å². The lowest BCUT2D eigenvalue weighted by Gasteiger charge is -2.21. The fourth-order valence-corrected chi connectivity index (χ4v) is 2.83. The van der Waals surface area contributed by atoms with Crippen LogP contribution < -0.4 is 5.32 Å². The van der Waals surface area contributed by atoms with Gasteiger partial charge < -0.3 is 5.32 Å². The van der Waals surface area contributed by atoms with E-state index in [1.807, 2.05) is 24.8 Å². The standard InChI is InChI=1S/C16H20BrN3/c1-3-13-10-18-6-5-15(13)16(20-4-2)8-12-7-14(17)11-19-9-12/h5-7,9-11,16,20H,3-4,8H2,1-2H3. The summed E-state index contributed by atoms with van der Waals surface area (Å²) in [5.74, 6) is 0. The van der Waals surface area contributed by atoms with Gasteiger partial charge in [0, 0.05) is 35.3 Å². The van der Waals surface area contributed by atoms with E-state index < -0.39 is 0 Å². The predicted octanol–water partition coefficient (Wildman–Crippen LogP) is 3.69. The molecule has 2 heterocycles. The summed E-state index contributed by atoms with van der Waals surface area (Å²) in [6, 6.07) is 4.55. The minimum atomic E-state index is 0.300. The van der Waals surface area contributed by atoms with Crippen LogP contribution in [0.3, 0.4) is 0 Å². The van der Waals surface area contributed by atoms with E-state index in [1.165, 1.54) is 16.7 Å². The highest BCUT2D eigenvalue weighted by atomic mass is 79.9. The molecule has 0 spiro atoms. The van der Waals surface area contributed by atoms with Crippen LogP contribution in [-0.2, 0) is 12.8 Å². The molecule has 1 N–H and O–H groups in total. The molecule has 0 bridgehead atoms. The summed E-state index contributed by atoms with van der Waals surface area (Å²) >= 11 is 3.48. The molecule has 0 aliphatic carbocycles. The Morgan fingerprint density at radius 3 is 2.75 bits per heavy atom. The zero-order valence-corrected chi connectivity index (χ0v) is 13.5. The fraction of sp³-hybridized carbons (Fsp3) is 0.375. The van der Waals surface area contributed by atoms with Crippen LogP contribution in [0.4, 0.5) is 0 Å². The smallest absolute Gasteiger partial charge is 0.0410 e. The molecular formula is C16H20BrN3. The number of rotatable bonds is 6. The number of nitrogens with zero attached hydrogens (tertiary/aromatic N) is 2. The van der Waals surface area contributed by atoms with Gasteiger partial charge in [0.2, 0.25) is 0 Å². The lowest BCUT2D eigenvalue weighted by atomic mass is 9.95. The second kappa shape index (κ2) is 7.50. The van der Waals surface area contributed by atoms with E-state index in [2.05, 4.69) is 57.2 Å². The van der Waals surface area contributed by atoms with Crippen LogP contribution in [0, 0.1) is 0 Å². The Morgan fingerprint density at radius 1 is 1.20 bits per heavy atom. The van der Waals surface area contributed by atoms with E-state index in [4.69, 9.17) is 0 Å². The van der Waals surface area contributed by atoms with E-state index >= 15 is 0 Å². The molecule has 2 aromatic rings. The molecular weight excluding hydrogens is 314 g/mol. The molecule has 2 rings (SSSR count). The number of pyridine rings is 2. The SMILES string of the molecule is CCNC(Cc1cncc(Br)c1)c1ccncc1CC. The molecule has 4 heteroatoms. The highest BCUT2D eigenvalue weighted by Crippen LogP contribution is 2.23. The normalized spacial score (nSPS) is 12.3. The Labute approximate surface area is 129 Å². The van der Waals surface area contributed by atoms with Gasteiger partial charge in [0.05, 0.1) is 0 Å². The van der Waals surface area contributed by atoms with Crippen LogP contribution in [0.5, 0.6) is 0 Å². The summed E-state index contributed by atoms with van der Waals surface area (Å²) in [4.78, 5) is 8.48. The van der Waals surface area contributed by atoms with Crippen molar-refractivity contribution in [3.8, 4) is 0 Å². The molecule has 0 aliphatic rings. The number of aryl methyl sites for hydroxylation is 1. The highest BCUT2D eigenvalue weighted by Gasteiger charge is 2.14. The maximum Gasteiger partial charge on any atom is 0.0410 e. The van der Waals surface area contributed by atoms with Crippen LogP contribution >= 0.6 is 15.9 Å². The molecule has 0 fully saturated rings. The average Bonchev–Trinajstić information content (AvgIpc) is 2.47. The Kier molecular flexibility index (Phi) is 5.68. The third kappa shape index (κ3) is 3.87. The van der Waals surface area contributed by atoms with Crippen molar-refractivity contribution in [1.82, 2.24) is 15.3 Å². The van der Waals surface area contributed by atoms with Gasteiger partial charge in [-0.05, 0) is 64.1 Å². The van der Waals surface area contributed by atoms with Crippen LogP contribution in [-0.4, -0.2) is 16.5 Å². The van der Waals surface area contributed by atoms with Gasteiger partial charge in [0.15, 0.2) is 0 Å². The van der Waals surface area contributed by atoms with Gasteiger partial charge in [-0.15, -0.1) is 0 Å². The van der Waals surface area contributed by atoms with E-state index in [1.54, 1.807) is 0 Å². The Hall–Kier alpha value is -1.26. The highest BCUT2D eigenvalue weighted by molar-refractivity contribution is 9.10. The minimum Gasteiger partial charge on any atom is -0.310 e. The molecule has 0 aromatic carbocycles. The van der Waals surface area contributed by atoms with Crippen molar-refractivity contribution in [3.05, 3.63) is 58.1 Å². The Morgan fingerprint density at radius 2 is 2.05 bits per heavy atom. The second-order valence-corrected chi connectivity index (χ2v) is 5.67. The van der Waals surface area contributed by atoms with Crippen LogP contribution in [0.25, 0.3) is 0 Å². The number of aromatic nitrogens is 2. The van der Waals surface area contributed by atoms with Crippen molar-refractivity contribution in [2.75, 3.05) is 6.54 Å². The summed E-state index contributed by atoms with van der Waals surface area (Å²) in [6.45, 7) is 5.25. The van der Waals surface area contributed by atoms with Gasteiger partial charge in [-0.25, -0.2) is 0 Å². The topological polar surface area (TPSA) is 37.8 Å². The number of hydrogen-bond donors (Lipinski definition) is 1. The Balaban J connectivity index is 2.26. The first kappa shape index (κ1) is 15.1. The number of halogens is 1. The summed E-state index contributed by atoms with van der Waals surface area (Å²) in [6.07, 6.45) is 9.52. The molecule has 3 nitrogen and oxygen atoms in total. The van der Waals surface area contributed by atoms with Gasteiger partial charge in [-0.2, -0.15) is 0 Å². The monoisotopic (exact) mass is 333 g/mol. The fourth-order valence-electron chi connectivity index (χ4n) is 2.41. The quantitative estimate of drug-likeness (QED) is 0.875. The van der Waals surface area contributed by atoms with E-state index in [0.717, 1.165) is 23.9 Å². The summed E-state index contributed by atoms with van der Waals surface area (Å²) in [5.41, 5.74) is 3.87.